The first kappa shape index (κ1) is 11.8. The van der Waals surface area contributed by atoms with Crippen molar-refractivity contribution in [3.63, 3.8) is 0 Å². The molecule has 2 aromatic rings. The molecule has 17 heavy (non-hydrogen) atoms. The van der Waals surface area contributed by atoms with E-state index in [9.17, 15) is 13.2 Å². The van der Waals surface area contributed by atoms with Crippen molar-refractivity contribution in [3.8, 4) is 5.95 Å². The van der Waals surface area contributed by atoms with Gasteiger partial charge in [-0.1, -0.05) is 0 Å². The van der Waals surface area contributed by atoms with Gasteiger partial charge in [-0.3, -0.25) is 0 Å². The van der Waals surface area contributed by atoms with Crippen molar-refractivity contribution in [1.82, 2.24) is 19.7 Å². The van der Waals surface area contributed by atoms with Crippen LogP contribution in [-0.4, -0.2) is 19.7 Å². The van der Waals surface area contributed by atoms with E-state index in [1.807, 2.05) is 0 Å². The molecule has 0 aliphatic carbocycles. The second-order valence-corrected chi connectivity index (χ2v) is 3.44. The molecule has 0 fully saturated rings. The summed E-state index contributed by atoms with van der Waals surface area (Å²) >= 11 is 5.54. The van der Waals surface area contributed by atoms with Crippen LogP contribution in [0.1, 0.15) is 11.3 Å². The van der Waals surface area contributed by atoms with E-state index in [2.05, 4.69) is 15.1 Å². The largest absolute Gasteiger partial charge is 0.435 e. The molecule has 0 spiro atoms. The van der Waals surface area contributed by atoms with Crippen LogP contribution in [0.4, 0.5) is 13.2 Å². The van der Waals surface area contributed by atoms with E-state index in [0.717, 1.165) is 16.9 Å². The van der Waals surface area contributed by atoms with Crippen LogP contribution < -0.4 is 0 Å². The number of rotatable bonds is 2. The average molecular weight is 263 g/mol. The van der Waals surface area contributed by atoms with Gasteiger partial charge >= 0.3 is 6.18 Å². The molecule has 2 aromatic heterocycles. The lowest BCUT2D eigenvalue weighted by molar-refractivity contribution is -0.141. The SMILES string of the molecule is FC(F)(F)c1ccn(-c2ncc(CCl)cn2)n1. The van der Waals surface area contributed by atoms with Crippen LogP contribution in [-0.2, 0) is 12.1 Å². The second kappa shape index (κ2) is 4.33. The van der Waals surface area contributed by atoms with E-state index >= 15 is 0 Å². The standard InChI is InChI=1S/C9H6ClF3N4/c10-3-6-4-14-8(15-5-6)17-2-1-7(16-17)9(11,12)13/h1-2,4-5H,3H2. The van der Waals surface area contributed by atoms with Gasteiger partial charge in [0.2, 0.25) is 5.95 Å². The quantitative estimate of drug-likeness (QED) is 0.781. The lowest BCUT2D eigenvalue weighted by Gasteiger charge is -2.01. The molecule has 0 unspecified atom stereocenters. The van der Waals surface area contributed by atoms with E-state index in [4.69, 9.17) is 11.6 Å². The van der Waals surface area contributed by atoms with Crippen molar-refractivity contribution < 1.29 is 13.2 Å². The van der Waals surface area contributed by atoms with E-state index in [1.54, 1.807) is 0 Å². The Labute approximate surface area is 99.1 Å². The molecule has 0 aliphatic rings. The summed E-state index contributed by atoms with van der Waals surface area (Å²) in [6.07, 6.45) is -0.450. The molecule has 90 valence electrons. The highest BCUT2D eigenvalue weighted by atomic mass is 35.5. The molecule has 0 bridgehead atoms. The molecule has 4 nitrogen and oxygen atoms in total. The molecular formula is C9H6ClF3N4. The Bertz CT molecular complexity index is 506. The zero-order valence-corrected chi connectivity index (χ0v) is 9.07. The van der Waals surface area contributed by atoms with Crippen LogP contribution >= 0.6 is 11.6 Å². The monoisotopic (exact) mass is 262 g/mol. The van der Waals surface area contributed by atoms with Crippen LogP contribution in [0.5, 0.6) is 0 Å². The summed E-state index contributed by atoms with van der Waals surface area (Å²) in [4.78, 5) is 7.71. The van der Waals surface area contributed by atoms with Crippen LogP contribution in [0.25, 0.3) is 5.95 Å². The second-order valence-electron chi connectivity index (χ2n) is 3.17. The third-order valence-corrected chi connectivity index (χ3v) is 2.24. The van der Waals surface area contributed by atoms with Crippen LogP contribution in [0.3, 0.4) is 0 Å². The van der Waals surface area contributed by atoms with Gasteiger partial charge in [0.1, 0.15) is 0 Å². The van der Waals surface area contributed by atoms with Crippen molar-refractivity contribution in [3.05, 3.63) is 35.9 Å². The fourth-order valence-electron chi connectivity index (χ4n) is 1.12. The van der Waals surface area contributed by atoms with E-state index in [-0.39, 0.29) is 11.8 Å². The highest BCUT2D eigenvalue weighted by Crippen LogP contribution is 2.27. The highest BCUT2D eigenvalue weighted by Gasteiger charge is 2.33. The summed E-state index contributed by atoms with van der Waals surface area (Å²) in [6.45, 7) is 0. The van der Waals surface area contributed by atoms with Gasteiger partial charge in [-0.2, -0.15) is 18.3 Å². The number of aromatic nitrogens is 4. The van der Waals surface area contributed by atoms with E-state index in [1.165, 1.54) is 12.4 Å². The zero-order chi connectivity index (χ0) is 12.5. The lowest BCUT2D eigenvalue weighted by Crippen LogP contribution is -2.08. The normalized spacial score (nSPS) is 11.8. The van der Waals surface area contributed by atoms with Crippen molar-refractivity contribution in [2.75, 3.05) is 0 Å². The number of hydrogen-bond acceptors (Lipinski definition) is 3. The van der Waals surface area contributed by atoms with Gasteiger partial charge in [-0.15, -0.1) is 11.6 Å². The third-order valence-electron chi connectivity index (χ3n) is 1.93. The van der Waals surface area contributed by atoms with Crippen LogP contribution in [0.15, 0.2) is 24.7 Å². The van der Waals surface area contributed by atoms with Crippen LogP contribution in [0.2, 0.25) is 0 Å². The number of hydrogen-bond donors (Lipinski definition) is 0. The zero-order valence-electron chi connectivity index (χ0n) is 8.32. The molecule has 0 aromatic carbocycles. The van der Waals surface area contributed by atoms with Gasteiger partial charge in [0.05, 0.1) is 5.88 Å². The summed E-state index contributed by atoms with van der Waals surface area (Å²) in [6, 6.07) is 0.860. The molecule has 0 amide bonds. The Kier molecular flexibility index (Phi) is 3.01. The first-order chi connectivity index (χ1) is 8.00. The first-order valence-electron chi connectivity index (χ1n) is 4.51. The summed E-state index contributed by atoms with van der Waals surface area (Å²) in [5.41, 5.74) is -0.305. The summed E-state index contributed by atoms with van der Waals surface area (Å²) < 4.78 is 37.9. The minimum Gasteiger partial charge on any atom is -0.219 e. The van der Waals surface area contributed by atoms with E-state index < -0.39 is 11.9 Å². The first-order valence-corrected chi connectivity index (χ1v) is 5.04. The summed E-state index contributed by atoms with van der Waals surface area (Å²) in [5.74, 6) is 0.307. The maximum atomic E-state index is 12.3. The molecular weight excluding hydrogens is 257 g/mol. The molecule has 0 saturated carbocycles. The molecule has 0 saturated heterocycles. The Hall–Kier alpha value is -1.63. The molecule has 8 heteroatoms. The minimum absolute atomic E-state index is 0.0642. The predicted octanol–water partition coefficient (Wildman–Crippen LogP) is 2.42. The molecule has 0 N–H and O–H groups in total. The van der Waals surface area contributed by atoms with Gasteiger partial charge in [0.25, 0.3) is 0 Å². The fourth-order valence-corrected chi connectivity index (χ4v) is 1.26. The summed E-state index contributed by atoms with van der Waals surface area (Å²) in [7, 11) is 0. The maximum Gasteiger partial charge on any atom is 0.435 e. The number of halogens is 4. The highest BCUT2D eigenvalue weighted by molar-refractivity contribution is 6.17. The number of alkyl halides is 4. The molecule has 0 atom stereocenters. The minimum atomic E-state index is -4.47. The lowest BCUT2D eigenvalue weighted by atomic mass is 10.4. The molecule has 2 rings (SSSR count). The predicted molar refractivity (Wildman–Crippen MR) is 53.7 cm³/mol. The van der Waals surface area contributed by atoms with Crippen molar-refractivity contribution in [2.45, 2.75) is 12.1 Å². The Morgan fingerprint density at radius 2 is 1.88 bits per heavy atom. The van der Waals surface area contributed by atoms with E-state index in [0.29, 0.717) is 5.56 Å². The summed E-state index contributed by atoms with van der Waals surface area (Å²) in [5, 5.41) is 3.34. The van der Waals surface area contributed by atoms with Gasteiger partial charge in [0, 0.05) is 24.2 Å². The van der Waals surface area contributed by atoms with Gasteiger partial charge < -0.3 is 0 Å². The molecule has 0 radical (unpaired) electrons. The van der Waals surface area contributed by atoms with Crippen molar-refractivity contribution in [1.29, 1.82) is 0 Å². The topological polar surface area (TPSA) is 43.6 Å². The third kappa shape index (κ3) is 2.55. The Balaban J connectivity index is 2.30. The van der Waals surface area contributed by atoms with Crippen molar-refractivity contribution in [2.24, 2.45) is 0 Å². The Morgan fingerprint density at radius 3 is 2.35 bits per heavy atom. The van der Waals surface area contributed by atoms with Crippen LogP contribution in [0, 0.1) is 0 Å². The number of nitrogens with zero attached hydrogens (tertiary/aromatic N) is 4. The Morgan fingerprint density at radius 1 is 1.24 bits per heavy atom. The molecule has 0 aliphatic heterocycles. The van der Waals surface area contributed by atoms with Gasteiger partial charge in [-0.05, 0) is 6.07 Å². The molecule has 2 heterocycles. The smallest absolute Gasteiger partial charge is 0.219 e. The van der Waals surface area contributed by atoms with Gasteiger partial charge in [-0.25, -0.2) is 14.6 Å². The van der Waals surface area contributed by atoms with Gasteiger partial charge in [0.15, 0.2) is 5.69 Å². The maximum absolute atomic E-state index is 12.3. The fraction of sp³-hybridized carbons (Fsp3) is 0.222. The average Bonchev–Trinajstić information content (AvgIpc) is 2.78. The van der Waals surface area contributed by atoms with Crippen molar-refractivity contribution >= 4 is 11.6 Å².